The summed E-state index contributed by atoms with van der Waals surface area (Å²) >= 11 is 0. The second-order valence-electron chi connectivity index (χ2n) is 4.99. The number of amides is 1. The van der Waals surface area contributed by atoms with Crippen LogP contribution in [0.4, 0.5) is 0 Å². The van der Waals surface area contributed by atoms with Crippen LogP contribution in [0.25, 0.3) is 10.8 Å². The molecule has 0 aliphatic carbocycles. The molecule has 0 aromatic heterocycles. The number of fused-ring (bicyclic) bond motifs is 1. The molecule has 2 rings (SSSR count). The first-order valence-electron chi connectivity index (χ1n) is 6.64. The van der Waals surface area contributed by atoms with Gasteiger partial charge in [0.15, 0.2) is 0 Å². The molecule has 2 aromatic rings. The van der Waals surface area contributed by atoms with E-state index in [1.807, 2.05) is 42.5 Å². The van der Waals surface area contributed by atoms with E-state index in [2.05, 4.69) is 5.32 Å². The van der Waals surface area contributed by atoms with Crippen molar-refractivity contribution in [2.45, 2.75) is 12.8 Å². The maximum absolute atomic E-state index is 12.0. The topological polar surface area (TPSA) is 89.3 Å². The average Bonchev–Trinajstić information content (AvgIpc) is 2.44. The van der Waals surface area contributed by atoms with Gasteiger partial charge in [0, 0.05) is 6.54 Å². The van der Waals surface area contributed by atoms with Crippen molar-refractivity contribution in [3.05, 3.63) is 48.0 Å². The quantitative estimate of drug-likeness (QED) is 0.873. The maximum atomic E-state index is 12.0. The van der Waals surface area contributed by atoms with Crippen LogP contribution in [0.1, 0.15) is 18.4 Å². The smallest absolute Gasteiger partial charge is 0.227 e. The van der Waals surface area contributed by atoms with Gasteiger partial charge < -0.3 is 5.32 Å². The van der Waals surface area contributed by atoms with Crippen molar-refractivity contribution in [1.82, 2.24) is 5.32 Å². The fourth-order valence-corrected chi connectivity index (χ4v) is 2.48. The normalized spacial score (nSPS) is 13.0. The number of nitrogens with one attached hydrogen (secondary N) is 1. The molecule has 3 N–H and O–H groups in total. The first kappa shape index (κ1) is 15.5. The first-order chi connectivity index (χ1) is 9.87. The van der Waals surface area contributed by atoms with Crippen molar-refractivity contribution in [2.24, 2.45) is 5.14 Å². The number of hydrogen-bond acceptors (Lipinski definition) is 3. The molecule has 1 atom stereocenters. The van der Waals surface area contributed by atoms with E-state index in [4.69, 9.17) is 5.14 Å². The monoisotopic (exact) mass is 306 g/mol. The first-order valence-corrected chi connectivity index (χ1v) is 8.35. The third-order valence-electron chi connectivity index (χ3n) is 3.35. The number of carbonyl (C=O) groups is 1. The highest BCUT2D eigenvalue weighted by Gasteiger charge is 2.15. The molecular formula is C15H18N2O3S. The number of sulfonamides is 1. The van der Waals surface area contributed by atoms with Gasteiger partial charge in [0.05, 0.1) is 11.7 Å². The fraction of sp³-hybridized carbons (Fsp3) is 0.267. The third kappa shape index (κ3) is 4.27. The summed E-state index contributed by atoms with van der Waals surface area (Å²) < 4.78 is 21.7. The second kappa shape index (κ2) is 6.24. The fourth-order valence-electron chi connectivity index (χ4n) is 2.10. The van der Waals surface area contributed by atoms with Crippen LogP contribution in [-0.4, -0.2) is 26.6 Å². The summed E-state index contributed by atoms with van der Waals surface area (Å²) in [4.78, 5) is 12.0. The average molecular weight is 306 g/mol. The van der Waals surface area contributed by atoms with E-state index in [0.717, 1.165) is 16.3 Å². The van der Waals surface area contributed by atoms with Crippen LogP contribution in [0.15, 0.2) is 42.5 Å². The molecule has 112 valence electrons. The summed E-state index contributed by atoms with van der Waals surface area (Å²) in [5.41, 5.74) is 0.891. The Labute approximate surface area is 124 Å². The maximum Gasteiger partial charge on any atom is 0.227 e. The van der Waals surface area contributed by atoms with Crippen molar-refractivity contribution < 1.29 is 13.2 Å². The summed E-state index contributed by atoms with van der Waals surface area (Å²) in [7, 11) is -3.55. The summed E-state index contributed by atoms with van der Waals surface area (Å²) in [6.45, 7) is 1.81. The highest BCUT2D eigenvalue weighted by molar-refractivity contribution is 7.89. The minimum atomic E-state index is -3.55. The molecule has 21 heavy (non-hydrogen) atoms. The summed E-state index contributed by atoms with van der Waals surface area (Å²) in [6, 6.07) is 13.8. The molecule has 0 heterocycles. The van der Waals surface area contributed by atoms with E-state index in [1.54, 1.807) is 6.92 Å². The Kier molecular flexibility index (Phi) is 4.59. The molecule has 6 heteroatoms. The van der Waals surface area contributed by atoms with Gasteiger partial charge in [-0.1, -0.05) is 42.5 Å². The van der Waals surface area contributed by atoms with Gasteiger partial charge in [-0.15, -0.1) is 0 Å². The van der Waals surface area contributed by atoms with Crippen LogP contribution in [0, 0.1) is 0 Å². The van der Waals surface area contributed by atoms with Crippen LogP contribution >= 0.6 is 0 Å². The molecule has 0 aliphatic rings. The minimum absolute atomic E-state index is 0.0234. The Bertz CT molecular complexity index is 756. The van der Waals surface area contributed by atoms with Gasteiger partial charge in [-0.25, -0.2) is 13.6 Å². The Hall–Kier alpha value is -1.92. The van der Waals surface area contributed by atoms with Crippen LogP contribution in [0.3, 0.4) is 0 Å². The number of benzene rings is 2. The van der Waals surface area contributed by atoms with Gasteiger partial charge in [-0.2, -0.15) is 0 Å². The van der Waals surface area contributed by atoms with E-state index >= 15 is 0 Å². The van der Waals surface area contributed by atoms with E-state index in [1.165, 1.54) is 0 Å². The Morgan fingerprint density at radius 1 is 1.19 bits per heavy atom. The predicted octanol–water partition coefficient (Wildman–Crippen LogP) is 1.35. The van der Waals surface area contributed by atoms with Crippen molar-refractivity contribution in [3.63, 3.8) is 0 Å². The number of primary sulfonamides is 1. The summed E-state index contributed by atoms with van der Waals surface area (Å²) in [5.74, 6) is -0.826. The summed E-state index contributed by atoms with van der Waals surface area (Å²) in [6.07, 6.45) is 0. The SMILES string of the molecule is C[C@@H](C(=O)NCCS(N)(=O)=O)c1ccc2ccccc2c1. The van der Waals surface area contributed by atoms with Crippen LogP contribution in [0.2, 0.25) is 0 Å². The zero-order valence-electron chi connectivity index (χ0n) is 11.7. The van der Waals surface area contributed by atoms with Crippen LogP contribution in [0.5, 0.6) is 0 Å². The molecule has 0 saturated carbocycles. The molecule has 0 bridgehead atoms. The van der Waals surface area contributed by atoms with Gasteiger partial charge in [-0.05, 0) is 23.3 Å². The van der Waals surface area contributed by atoms with Gasteiger partial charge in [0.2, 0.25) is 15.9 Å². The van der Waals surface area contributed by atoms with Gasteiger partial charge in [0.1, 0.15) is 0 Å². The predicted molar refractivity (Wildman–Crippen MR) is 83.3 cm³/mol. The minimum Gasteiger partial charge on any atom is -0.355 e. The Morgan fingerprint density at radius 2 is 1.86 bits per heavy atom. The van der Waals surface area contributed by atoms with Crippen LogP contribution in [-0.2, 0) is 14.8 Å². The zero-order chi connectivity index (χ0) is 15.5. The number of rotatable bonds is 5. The van der Waals surface area contributed by atoms with Crippen molar-refractivity contribution >= 4 is 26.7 Å². The largest absolute Gasteiger partial charge is 0.355 e. The standard InChI is InChI=1S/C15H18N2O3S/c1-11(15(18)17-8-9-21(16,19)20)13-7-6-12-4-2-3-5-14(12)10-13/h2-7,10-11H,8-9H2,1H3,(H,17,18)(H2,16,19,20)/t11-/m1/s1. The lowest BCUT2D eigenvalue weighted by Gasteiger charge is -2.13. The molecule has 1 amide bonds. The molecule has 0 spiro atoms. The van der Waals surface area contributed by atoms with Gasteiger partial charge in [0.25, 0.3) is 0 Å². The Morgan fingerprint density at radius 3 is 2.52 bits per heavy atom. The second-order valence-corrected chi connectivity index (χ2v) is 6.72. The molecule has 0 radical (unpaired) electrons. The number of nitrogens with two attached hydrogens (primary N) is 1. The zero-order valence-corrected chi connectivity index (χ0v) is 12.6. The lowest BCUT2D eigenvalue weighted by atomic mass is 9.97. The van der Waals surface area contributed by atoms with E-state index in [0.29, 0.717) is 0 Å². The highest BCUT2D eigenvalue weighted by atomic mass is 32.2. The highest BCUT2D eigenvalue weighted by Crippen LogP contribution is 2.21. The van der Waals surface area contributed by atoms with Gasteiger partial charge >= 0.3 is 0 Å². The van der Waals surface area contributed by atoms with Crippen LogP contribution < -0.4 is 10.5 Å². The molecule has 0 saturated heterocycles. The van der Waals surface area contributed by atoms with E-state index < -0.39 is 10.0 Å². The van der Waals surface area contributed by atoms with Crippen molar-refractivity contribution in [3.8, 4) is 0 Å². The lowest BCUT2D eigenvalue weighted by Crippen LogP contribution is -2.33. The number of carbonyl (C=O) groups excluding carboxylic acids is 1. The van der Waals surface area contributed by atoms with E-state index in [-0.39, 0.29) is 24.1 Å². The molecule has 0 aliphatic heterocycles. The molecule has 2 aromatic carbocycles. The third-order valence-corrected chi connectivity index (χ3v) is 4.13. The molecule has 5 nitrogen and oxygen atoms in total. The lowest BCUT2D eigenvalue weighted by molar-refractivity contribution is -0.122. The van der Waals surface area contributed by atoms with Crippen molar-refractivity contribution in [1.29, 1.82) is 0 Å². The number of hydrogen-bond donors (Lipinski definition) is 2. The molecule has 0 fully saturated rings. The van der Waals surface area contributed by atoms with Gasteiger partial charge in [-0.3, -0.25) is 4.79 Å². The van der Waals surface area contributed by atoms with Crippen molar-refractivity contribution in [2.75, 3.05) is 12.3 Å². The summed E-state index contributed by atoms with van der Waals surface area (Å²) in [5, 5.41) is 9.66. The Balaban J connectivity index is 2.06. The van der Waals surface area contributed by atoms with E-state index in [9.17, 15) is 13.2 Å². The molecule has 0 unspecified atom stereocenters. The molecular weight excluding hydrogens is 288 g/mol.